The summed E-state index contributed by atoms with van der Waals surface area (Å²) in [6, 6.07) is 12.9. The van der Waals surface area contributed by atoms with Crippen molar-refractivity contribution in [3.63, 3.8) is 0 Å². The maximum Gasteiger partial charge on any atom is 0.332 e. The summed E-state index contributed by atoms with van der Waals surface area (Å²) in [5, 5.41) is 8.88. The third-order valence-electron chi connectivity index (χ3n) is 4.10. The maximum absolute atomic E-state index is 13.1. The predicted octanol–water partition coefficient (Wildman–Crippen LogP) is 2.93. The van der Waals surface area contributed by atoms with Crippen LogP contribution in [0.15, 0.2) is 48.5 Å². The second-order valence-electron chi connectivity index (χ2n) is 5.78. The molecular weight excluding hydrogens is 337 g/mol. The smallest absolute Gasteiger partial charge is 0.332 e. The van der Waals surface area contributed by atoms with E-state index in [1.165, 1.54) is 29.2 Å². The molecule has 1 heterocycles. The summed E-state index contributed by atoms with van der Waals surface area (Å²) in [7, 11) is 0. The number of imide groups is 1. The Hall–Kier alpha value is -3.40. The van der Waals surface area contributed by atoms with Gasteiger partial charge in [-0.25, -0.2) is 9.18 Å². The molecule has 1 atom stereocenters. The second kappa shape index (κ2) is 7.23. The topological polar surface area (TPSA) is 73.6 Å². The van der Waals surface area contributed by atoms with Crippen molar-refractivity contribution in [3.8, 4) is 11.8 Å². The van der Waals surface area contributed by atoms with Crippen molar-refractivity contribution in [3.05, 3.63) is 59.9 Å². The SMILES string of the molecule is C[C@H]1C(=O)N(CCOc2cccc(C#N)c2)C(=O)N1c1ccc(F)cc1. The summed E-state index contributed by atoms with van der Waals surface area (Å²) in [6.45, 7) is 1.81. The van der Waals surface area contributed by atoms with E-state index in [4.69, 9.17) is 10.00 Å². The van der Waals surface area contributed by atoms with Crippen molar-refractivity contribution >= 4 is 17.6 Å². The van der Waals surface area contributed by atoms with Crippen LogP contribution in [0.25, 0.3) is 0 Å². The molecule has 26 heavy (non-hydrogen) atoms. The van der Waals surface area contributed by atoms with Gasteiger partial charge in [-0.15, -0.1) is 0 Å². The van der Waals surface area contributed by atoms with Gasteiger partial charge in [0, 0.05) is 5.69 Å². The minimum atomic E-state index is -0.671. The summed E-state index contributed by atoms with van der Waals surface area (Å²) in [4.78, 5) is 27.4. The van der Waals surface area contributed by atoms with Crippen molar-refractivity contribution < 1.29 is 18.7 Å². The first-order valence-electron chi connectivity index (χ1n) is 8.04. The van der Waals surface area contributed by atoms with E-state index in [1.807, 2.05) is 6.07 Å². The highest BCUT2D eigenvalue weighted by Gasteiger charge is 2.43. The fourth-order valence-corrected chi connectivity index (χ4v) is 2.78. The molecular formula is C19H16FN3O3. The lowest BCUT2D eigenvalue weighted by Gasteiger charge is -2.19. The third-order valence-corrected chi connectivity index (χ3v) is 4.10. The van der Waals surface area contributed by atoms with Gasteiger partial charge in [-0.05, 0) is 49.4 Å². The molecule has 0 unspecified atom stereocenters. The molecule has 2 aromatic rings. The monoisotopic (exact) mass is 353 g/mol. The van der Waals surface area contributed by atoms with Gasteiger partial charge in [-0.1, -0.05) is 6.07 Å². The molecule has 132 valence electrons. The van der Waals surface area contributed by atoms with Crippen molar-refractivity contribution in [2.75, 3.05) is 18.1 Å². The molecule has 3 rings (SSSR count). The Bertz CT molecular complexity index is 876. The Balaban J connectivity index is 1.66. The van der Waals surface area contributed by atoms with Gasteiger partial charge in [0.25, 0.3) is 5.91 Å². The molecule has 1 fully saturated rings. The van der Waals surface area contributed by atoms with Gasteiger partial charge in [-0.2, -0.15) is 5.26 Å². The van der Waals surface area contributed by atoms with E-state index in [1.54, 1.807) is 31.2 Å². The number of hydrogen-bond donors (Lipinski definition) is 0. The Kier molecular flexibility index (Phi) is 4.85. The number of urea groups is 1. The summed E-state index contributed by atoms with van der Waals surface area (Å²) >= 11 is 0. The van der Waals surface area contributed by atoms with Crippen molar-refractivity contribution in [2.45, 2.75) is 13.0 Å². The molecule has 0 saturated carbocycles. The zero-order valence-electron chi connectivity index (χ0n) is 14.1. The molecule has 0 N–H and O–H groups in total. The lowest BCUT2D eigenvalue weighted by molar-refractivity contribution is -0.127. The highest BCUT2D eigenvalue weighted by atomic mass is 19.1. The third kappa shape index (κ3) is 3.35. The molecule has 1 aliphatic rings. The molecule has 7 heteroatoms. The number of amides is 3. The number of nitriles is 1. The fourth-order valence-electron chi connectivity index (χ4n) is 2.78. The fraction of sp³-hybridized carbons (Fsp3) is 0.211. The van der Waals surface area contributed by atoms with Gasteiger partial charge in [-0.3, -0.25) is 14.6 Å². The molecule has 0 radical (unpaired) electrons. The summed E-state index contributed by atoms with van der Waals surface area (Å²) in [6.07, 6.45) is 0. The van der Waals surface area contributed by atoms with Crippen LogP contribution in [0.4, 0.5) is 14.9 Å². The van der Waals surface area contributed by atoms with E-state index in [0.717, 1.165) is 4.90 Å². The van der Waals surface area contributed by atoms with Crippen molar-refractivity contribution in [2.24, 2.45) is 0 Å². The molecule has 1 aliphatic heterocycles. The normalized spacial score (nSPS) is 16.7. The Morgan fingerprint density at radius 1 is 1.19 bits per heavy atom. The number of carbonyl (C=O) groups excluding carboxylic acids is 2. The predicted molar refractivity (Wildman–Crippen MR) is 92.1 cm³/mol. The Labute approximate surface area is 150 Å². The quantitative estimate of drug-likeness (QED) is 0.775. The molecule has 0 aromatic heterocycles. The summed E-state index contributed by atoms with van der Waals surface area (Å²) < 4.78 is 18.6. The Morgan fingerprint density at radius 2 is 1.92 bits per heavy atom. The summed E-state index contributed by atoms with van der Waals surface area (Å²) in [5.41, 5.74) is 0.925. The molecule has 2 aromatic carbocycles. The largest absolute Gasteiger partial charge is 0.492 e. The number of hydrogen-bond acceptors (Lipinski definition) is 4. The Morgan fingerprint density at radius 3 is 2.62 bits per heavy atom. The number of anilines is 1. The van der Waals surface area contributed by atoms with Crippen LogP contribution < -0.4 is 9.64 Å². The average Bonchev–Trinajstić information content (AvgIpc) is 2.86. The van der Waals surface area contributed by atoms with Gasteiger partial charge in [0.05, 0.1) is 18.2 Å². The van der Waals surface area contributed by atoms with Gasteiger partial charge < -0.3 is 4.74 Å². The highest BCUT2D eigenvalue weighted by Crippen LogP contribution is 2.26. The molecule has 0 aliphatic carbocycles. The number of ether oxygens (including phenoxy) is 1. The van der Waals surface area contributed by atoms with Crippen LogP contribution in [0, 0.1) is 17.1 Å². The van der Waals surface area contributed by atoms with E-state index in [9.17, 15) is 14.0 Å². The van der Waals surface area contributed by atoms with Gasteiger partial charge in [0.2, 0.25) is 0 Å². The van der Waals surface area contributed by atoms with E-state index in [-0.39, 0.29) is 19.1 Å². The van der Waals surface area contributed by atoms with Crippen LogP contribution in [0.2, 0.25) is 0 Å². The first-order chi connectivity index (χ1) is 12.5. The van der Waals surface area contributed by atoms with Gasteiger partial charge in [0.1, 0.15) is 24.2 Å². The summed E-state index contributed by atoms with van der Waals surface area (Å²) in [5.74, 6) is -0.260. The molecule has 0 spiro atoms. The van der Waals surface area contributed by atoms with Gasteiger partial charge in [0.15, 0.2) is 0 Å². The van der Waals surface area contributed by atoms with E-state index < -0.39 is 17.9 Å². The lowest BCUT2D eigenvalue weighted by atomic mass is 10.2. The second-order valence-corrected chi connectivity index (χ2v) is 5.78. The van der Waals surface area contributed by atoms with Crippen LogP contribution in [0.5, 0.6) is 5.75 Å². The van der Waals surface area contributed by atoms with Crippen molar-refractivity contribution in [1.29, 1.82) is 5.26 Å². The van der Waals surface area contributed by atoms with E-state index in [2.05, 4.69) is 0 Å². The standard InChI is InChI=1S/C19H16FN3O3/c1-13-18(24)22(9-10-26-17-4-2-3-14(11-17)12-21)19(25)23(13)16-7-5-15(20)6-8-16/h2-8,11,13H,9-10H2,1H3/t13-/m0/s1. The number of nitrogens with zero attached hydrogens (tertiary/aromatic N) is 3. The van der Waals surface area contributed by atoms with Crippen LogP contribution in [-0.2, 0) is 4.79 Å². The minimum Gasteiger partial charge on any atom is -0.492 e. The number of halogens is 1. The zero-order valence-corrected chi connectivity index (χ0v) is 14.1. The van der Waals surface area contributed by atoms with Crippen molar-refractivity contribution in [1.82, 2.24) is 4.90 Å². The number of benzene rings is 2. The number of rotatable bonds is 5. The first kappa shape index (κ1) is 17.4. The lowest BCUT2D eigenvalue weighted by Crippen LogP contribution is -2.36. The van der Waals surface area contributed by atoms with Crippen LogP contribution in [0.1, 0.15) is 12.5 Å². The van der Waals surface area contributed by atoms with E-state index >= 15 is 0 Å². The first-order valence-corrected chi connectivity index (χ1v) is 8.04. The molecule has 3 amide bonds. The molecule has 1 saturated heterocycles. The maximum atomic E-state index is 13.1. The van der Waals surface area contributed by atoms with E-state index in [0.29, 0.717) is 17.0 Å². The average molecular weight is 353 g/mol. The van der Waals surface area contributed by atoms with Crippen LogP contribution >= 0.6 is 0 Å². The van der Waals surface area contributed by atoms with Gasteiger partial charge >= 0.3 is 6.03 Å². The zero-order chi connectivity index (χ0) is 18.7. The minimum absolute atomic E-state index is 0.0798. The van der Waals surface area contributed by atoms with Crippen LogP contribution in [-0.4, -0.2) is 36.0 Å². The highest BCUT2D eigenvalue weighted by molar-refractivity contribution is 6.14. The molecule has 0 bridgehead atoms. The van der Waals surface area contributed by atoms with Crippen LogP contribution in [0.3, 0.4) is 0 Å². The number of carbonyl (C=O) groups is 2. The molecule has 6 nitrogen and oxygen atoms in total.